The second-order valence-corrected chi connectivity index (χ2v) is 5.92. The van der Waals surface area contributed by atoms with Crippen molar-refractivity contribution >= 4 is 27.3 Å². The second-order valence-electron chi connectivity index (χ2n) is 4.14. The third kappa shape index (κ3) is 3.79. The standard InChI is InChI=1S/C14H17BrN2O2S/c1-18-7-5-16-13(14-17-6-8-20-14)10-3-4-12(19-2)11(15)9-10/h3-4,6,8-9,13,16H,5,7H2,1-2H3. The zero-order valence-corrected chi connectivity index (χ0v) is 13.8. The molecule has 0 radical (unpaired) electrons. The maximum absolute atomic E-state index is 5.27. The number of thiazole rings is 1. The van der Waals surface area contributed by atoms with Crippen molar-refractivity contribution in [1.29, 1.82) is 0 Å². The van der Waals surface area contributed by atoms with Crippen LogP contribution in [0.15, 0.2) is 34.2 Å². The fourth-order valence-electron chi connectivity index (χ4n) is 1.89. The summed E-state index contributed by atoms with van der Waals surface area (Å²) in [7, 11) is 3.36. The number of nitrogens with zero attached hydrogens (tertiary/aromatic N) is 1. The van der Waals surface area contributed by atoms with Crippen molar-refractivity contribution < 1.29 is 9.47 Å². The van der Waals surface area contributed by atoms with Gasteiger partial charge in [-0.25, -0.2) is 4.98 Å². The number of methoxy groups -OCH3 is 2. The van der Waals surface area contributed by atoms with Gasteiger partial charge in [0.2, 0.25) is 0 Å². The van der Waals surface area contributed by atoms with Gasteiger partial charge in [0.15, 0.2) is 0 Å². The number of ether oxygens (including phenoxy) is 2. The van der Waals surface area contributed by atoms with Gasteiger partial charge in [-0.1, -0.05) is 6.07 Å². The average Bonchev–Trinajstić information content (AvgIpc) is 2.97. The number of benzene rings is 1. The van der Waals surface area contributed by atoms with Crippen molar-refractivity contribution in [2.45, 2.75) is 6.04 Å². The summed E-state index contributed by atoms with van der Waals surface area (Å²) in [4.78, 5) is 4.41. The second kappa shape index (κ2) is 7.73. The number of nitrogens with one attached hydrogen (secondary N) is 1. The van der Waals surface area contributed by atoms with Gasteiger partial charge in [0.25, 0.3) is 0 Å². The summed E-state index contributed by atoms with van der Waals surface area (Å²) in [5.74, 6) is 0.823. The van der Waals surface area contributed by atoms with E-state index in [-0.39, 0.29) is 6.04 Å². The van der Waals surface area contributed by atoms with E-state index in [0.29, 0.717) is 6.61 Å². The molecule has 108 valence electrons. The summed E-state index contributed by atoms with van der Waals surface area (Å²) in [6.07, 6.45) is 1.82. The lowest BCUT2D eigenvalue weighted by atomic mass is 10.1. The first-order valence-electron chi connectivity index (χ1n) is 6.21. The molecular weight excluding hydrogens is 340 g/mol. The highest BCUT2D eigenvalue weighted by molar-refractivity contribution is 9.10. The molecule has 1 unspecified atom stereocenters. The molecule has 1 aromatic heterocycles. The molecule has 6 heteroatoms. The molecule has 1 N–H and O–H groups in total. The van der Waals surface area contributed by atoms with E-state index in [1.807, 2.05) is 17.6 Å². The van der Waals surface area contributed by atoms with Crippen molar-refractivity contribution in [3.8, 4) is 5.75 Å². The molecule has 0 aliphatic rings. The zero-order chi connectivity index (χ0) is 14.4. The Morgan fingerprint density at radius 3 is 2.85 bits per heavy atom. The predicted octanol–water partition coefficient (Wildman–Crippen LogP) is 3.24. The van der Waals surface area contributed by atoms with E-state index in [9.17, 15) is 0 Å². The molecule has 0 aliphatic carbocycles. The predicted molar refractivity (Wildman–Crippen MR) is 84.5 cm³/mol. The quantitative estimate of drug-likeness (QED) is 0.773. The monoisotopic (exact) mass is 356 g/mol. The lowest BCUT2D eigenvalue weighted by Gasteiger charge is -2.18. The molecule has 0 amide bonds. The molecule has 2 aromatic rings. The Morgan fingerprint density at radius 1 is 1.40 bits per heavy atom. The molecule has 0 bridgehead atoms. The van der Waals surface area contributed by atoms with Gasteiger partial charge in [-0.3, -0.25) is 0 Å². The minimum absolute atomic E-state index is 0.0624. The van der Waals surface area contributed by atoms with Gasteiger partial charge in [-0.2, -0.15) is 0 Å². The number of hydrogen-bond acceptors (Lipinski definition) is 5. The maximum Gasteiger partial charge on any atom is 0.133 e. The summed E-state index contributed by atoms with van der Waals surface area (Å²) in [6.45, 7) is 1.43. The van der Waals surface area contributed by atoms with Crippen molar-refractivity contribution in [2.24, 2.45) is 0 Å². The lowest BCUT2D eigenvalue weighted by molar-refractivity contribution is 0.197. The fraction of sp³-hybridized carbons (Fsp3) is 0.357. The molecular formula is C14H17BrN2O2S. The van der Waals surface area contributed by atoms with E-state index in [2.05, 4.69) is 38.4 Å². The van der Waals surface area contributed by atoms with Crippen LogP contribution in [0.3, 0.4) is 0 Å². The number of halogens is 1. The van der Waals surface area contributed by atoms with Crippen LogP contribution in [0.25, 0.3) is 0 Å². The molecule has 1 aromatic carbocycles. The lowest BCUT2D eigenvalue weighted by Crippen LogP contribution is -2.25. The number of rotatable bonds is 7. The Morgan fingerprint density at radius 2 is 2.25 bits per heavy atom. The van der Waals surface area contributed by atoms with E-state index in [4.69, 9.17) is 9.47 Å². The first-order chi connectivity index (χ1) is 9.76. The van der Waals surface area contributed by atoms with Crippen LogP contribution in [0.2, 0.25) is 0 Å². The molecule has 1 atom stereocenters. The Hall–Kier alpha value is -0.950. The van der Waals surface area contributed by atoms with Gasteiger partial charge < -0.3 is 14.8 Å². The van der Waals surface area contributed by atoms with Crippen LogP contribution < -0.4 is 10.1 Å². The van der Waals surface area contributed by atoms with Crippen LogP contribution in [0, 0.1) is 0 Å². The topological polar surface area (TPSA) is 43.4 Å². The van der Waals surface area contributed by atoms with E-state index in [1.54, 1.807) is 25.6 Å². The van der Waals surface area contributed by atoms with Crippen molar-refractivity contribution in [3.05, 3.63) is 44.8 Å². The molecule has 4 nitrogen and oxygen atoms in total. The van der Waals surface area contributed by atoms with Crippen LogP contribution >= 0.6 is 27.3 Å². The largest absolute Gasteiger partial charge is 0.496 e. The van der Waals surface area contributed by atoms with Crippen LogP contribution in [0.5, 0.6) is 5.75 Å². The summed E-state index contributed by atoms with van der Waals surface area (Å²) >= 11 is 5.17. The third-order valence-electron chi connectivity index (χ3n) is 2.86. The molecule has 2 rings (SSSR count). The molecule has 0 saturated carbocycles. The minimum atomic E-state index is 0.0624. The van der Waals surface area contributed by atoms with Gasteiger partial charge >= 0.3 is 0 Å². The highest BCUT2D eigenvalue weighted by Crippen LogP contribution is 2.31. The zero-order valence-electron chi connectivity index (χ0n) is 11.4. The maximum atomic E-state index is 5.27. The first kappa shape index (κ1) is 15.4. The average molecular weight is 357 g/mol. The van der Waals surface area contributed by atoms with Crippen molar-refractivity contribution in [2.75, 3.05) is 27.4 Å². The fourth-order valence-corrected chi connectivity index (χ4v) is 3.19. The van der Waals surface area contributed by atoms with Crippen LogP contribution in [-0.2, 0) is 4.74 Å². The molecule has 0 aliphatic heterocycles. The van der Waals surface area contributed by atoms with Crippen LogP contribution in [0.1, 0.15) is 16.6 Å². The molecule has 0 spiro atoms. The van der Waals surface area contributed by atoms with Gasteiger partial charge in [-0.05, 0) is 33.6 Å². The molecule has 0 fully saturated rings. The van der Waals surface area contributed by atoms with Crippen molar-refractivity contribution in [1.82, 2.24) is 10.3 Å². The Balaban J connectivity index is 2.24. The Kier molecular flexibility index (Phi) is 5.97. The van der Waals surface area contributed by atoms with Gasteiger partial charge in [0, 0.05) is 25.2 Å². The van der Waals surface area contributed by atoms with Gasteiger partial charge in [-0.15, -0.1) is 11.3 Å². The van der Waals surface area contributed by atoms with Crippen molar-refractivity contribution in [3.63, 3.8) is 0 Å². The Labute approximate surface area is 131 Å². The van der Waals surface area contributed by atoms with Crippen LogP contribution in [0.4, 0.5) is 0 Å². The van der Waals surface area contributed by atoms with Crippen LogP contribution in [-0.4, -0.2) is 32.4 Å². The molecule has 0 saturated heterocycles. The van der Waals surface area contributed by atoms with E-state index in [0.717, 1.165) is 27.3 Å². The molecule has 20 heavy (non-hydrogen) atoms. The summed E-state index contributed by atoms with van der Waals surface area (Å²) < 4.78 is 11.3. The first-order valence-corrected chi connectivity index (χ1v) is 7.88. The van der Waals surface area contributed by atoms with Gasteiger partial charge in [0.1, 0.15) is 10.8 Å². The highest BCUT2D eigenvalue weighted by atomic mass is 79.9. The van der Waals surface area contributed by atoms with E-state index >= 15 is 0 Å². The number of aromatic nitrogens is 1. The van der Waals surface area contributed by atoms with Gasteiger partial charge in [0.05, 0.1) is 24.2 Å². The molecule has 1 heterocycles. The number of hydrogen-bond donors (Lipinski definition) is 1. The third-order valence-corrected chi connectivity index (χ3v) is 4.32. The Bertz CT molecular complexity index is 534. The van der Waals surface area contributed by atoms with E-state index in [1.165, 1.54) is 0 Å². The minimum Gasteiger partial charge on any atom is -0.496 e. The summed E-state index contributed by atoms with van der Waals surface area (Å²) in [5, 5.41) is 6.49. The smallest absolute Gasteiger partial charge is 0.133 e. The highest BCUT2D eigenvalue weighted by Gasteiger charge is 2.17. The summed E-state index contributed by atoms with van der Waals surface area (Å²) in [6, 6.07) is 6.13. The summed E-state index contributed by atoms with van der Waals surface area (Å²) in [5.41, 5.74) is 1.14. The SMILES string of the molecule is COCCNC(c1ccc(OC)c(Br)c1)c1nccs1. The van der Waals surface area contributed by atoms with E-state index < -0.39 is 0 Å². The normalized spacial score (nSPS) is 12.3.